The minimum Gasteiger partial charge on any atom is -0.319 e. The van der Waals surface area contributed by atoms with Gasteiger partial charge in [0.25, 0.3) is 0 Å². The number of aromatic nitrogens is 2. The average molecular weight is 250 g/mol. The minimum absolute atomic E-state index is 0.721. The van der Waals surface area contributed by atoms with Gasteiger partial charge in [0.05, 0.1) is 12.7 Å². The van der Waals surface area contributed by atoms with Crippen LogP contribution >= 0.6 is 11.6 Å². The molecule has 17 heavy (non-hydrogen) atoms. The molecule has 2 rings (SSSR count). The lowest BCUT2D eigenvalue weighted by Gasteiger charge is -2.04. The van der Waals surface area contributed by atoms with E-state index in [1.807, 2.05) is 36.1 Å². The van der Waals surface area contributed by atoms with Crippen molar-refractivity contribution in [1.82, 2.24) is 15.1 Å². The summed E-state index contributed by atoms with van der Waals surface area (Å²) in [7, 11) is 1.93. The Morgan fingerprint density at radius 2 is 2.06 bits per heavy atom. The number of halogens is 1. The SMILES string of the molecule is CNCCc1cnn(Cc2ccccc2)c1Cl. The van der Waals surface area contributed by atoms with Crippen LogP contribution in [0.2, 0.25) is 5.15 Å². The molecule has 0 saturated heterocycles. The molecular weight excluding hydrogens is 234 g/mol. The Balaban J connectivity index is 2.09. The van der Waals surface area contributed by atoms with Crippen molar-refractivity contribution in [1.29, 1.82) is 0 Å². The normalized spacial score (nSPS) is 10.7. The van der Waals surface area contributed by atoms with Gasteiger partial charge in [-0.05, 0) is 25.6 Å². The summed E-state index contributed by atoms with van der Waals surface area (Å²) in [6.07, 6.45) is 2.76. The zero-order valence-corrected chi connectivity index (χ0v) is 10.6. The van der Waals surface area contributed by atoms with Crippen LogP contribution in [0.15, 0.2) is 36.5 Å². The zero-order chi connectivity index (χ0) is 12.1. The predicted molar refractivity (Wildman–Crippen MR) is 70.4 cm³/mol. The topological polar surface area (TPSA) is 29.9 Å². The van der Waals surface area contributed by atoms with Crippen molar-refractivity contribution in [2.75, 3.05) is 13.6 Å². The number of nitrogens with zero attached hydrogens (tertiary/aromatic N) is 2. The van der Waals surface area contributed by atoms with Gasteiger partial charge in [0.2, 0.25) is 0 Å². The van der Waals surface area contributed by atoms with Gasteiger partial charge in [-0.2, -0.15) is 5.10 Å². The van der Waals surface area contributed by atoms with Gasteiger partial charge in [-0.15, -0.1) is 0 Å². The van der Waals surface area contributed by atoms with Gasteiger partial charge in [0.1, 0.15) is 5.15 Å². The van der Waals surface area contributed by atoms with Crippen LogP contribution in [0.25, 0.3) is 0 Å². The summed E-state index contributed by atoms with van der Waals surface area (Å²) in [5, 5.41) is 8.17. The van der Waals surface area contributed by atoms with Crippen molar-refractivity contribution in [2.45, 2.75) is 13.0 Å². The highest BCUT2D eigenvalue weighted by Gasteiger charge is 2.07. The lowest BCUT2D eigenvalue weighted by atomic mass is 10.2. The summed E-state index contributed by atoms with van der Waals surface area (Å²) in [5.41, 5.74) is 2.30. The van der Waals surface area contributed by atoms with Gasteiger partial charge in [0.15, 0.2) is 0 Å². The average Bonchev–Trinajstić information content (AvgIpc) is 2.70. The number of nitrogens with one attached hydrogen (secondary N) is 1. The molecule has 4 heteroatoms. The third-order valence-electron chi connectivity index (χ3n) is 2.66. The van der Waals surface area contributed by atoms with Crippen LogP contribution in [0.5, 0.6) is 0 Å². The first-order valence-corrected chi connectivity index (χ1v) is 6.07. The smallest absolute Gasteiger partial charge is 0.130 e. The van der Waals surface area contributed by atoms with Gasteiger partial charge < -0.3 is 5.32 Å². The molecule has 0 unspecified atom stereocenters. The first kappa shape index (κ1) is 12.1. The molecular formula is C13H16ClN3. The Morgan fingerprint density at radius 3 is 2.76 bits per heavy atom. The molecule has 1 N–H and O–H groups in total. The molecule has 0 radical (unpaired) electrons. The minimum atomic E-state index is 0.721. The molecule has 2 aromatic rings. The fourth-order valence-corrected chi connectivity index (χ4v) is 1.95. The molecule has 0 bridgehead atoms. The number of likely N-dealkylation sites (N-methyl/N-ethyl adjacent to an activating group) is 1. The largest absolute Gasteiger partial charge is 0.319 e. The molecule has 0 spiro atoms. The molecule has 1 heterocycles. The van der Waals surface area contributed by atoms with E-state index in [0.717, 1.165) is 30.2 Å². The fourth-order valence-electron chi connectivity index (χ4n) is 1.70. The highest BCUT2D eigenvalue weighted by atomic mass is 35.5. The van der Waals surface area contributed by atoms with E-state index in [-0.39, 0.29) is 0 Å². The lowest BCUT2D eigenvalue weighted by molar-refractivity contribution is 0.686. The van der Waals surface area contributed by atoms with Gasteiger partial charge in [-0.1, -0.05) is 41.9 Å². The Bertz CT molecular complexity index is 465. The summed E-state index contributed by atoms with van der Waals surface area (Å²) >= 11 is 6.28. The number of hydrogen-bond donors (Lipinski definition) is 1. The molecule has 0 aliphatic carbocycles. The van der Waals surface area contributed by atoms with Crippen molar-refractivity contribution in [3.63, 3.8) is 0 Å². The zero-order valence-electron chi connectivity index (χ0n) is 9.86. The molecule has 0 fully saturated rings. The molecule has 0 saturated carbocycles. The van der Waals surface area contributed by atoms with E-state index in [1.54, 1.807) is 0 Å². The number of hydrogen-bond acceptors (Lipinski definition) is 2. The molecule has 0 amide bonds. The van der Waals surface area contributed by atoms with Crippen molar-refractivity contribution in [2.24, 2.45) is 0 Å². The highest BCUT2D eigenvalue weighted by Crippen LogP contribution is 2.17. The van der Waals surface area contributed by atoms with Crippen LogP contribution in [0.1, 0.15) is 11.1 Å². The van der Waals surface area contributed by atoms with Crippen LogP contribution in [-0.4, -0.2) is 23.4 Å². The maximum Gasteiger partial charge on any atom is 0.130 e. The van der Waals surface area contributed by atoms with E-state index < -0.39 is 0 Å². The van der Waals surface area contributed by atoms with E-state index in [0.29, 0.717) is 0 Å². The van der Waals surface area contributed by atoms with Crippen LogP contribution in [0, 0.1) is 0 Å². The van der Waals surface area contributed by atoms with Gasteiger partial charge in [-0.3, -0.25) is 0 Å². The fraction of sp³-hybridized carbons (Fsp3) is 0.308. The monoisotopic (exact) mass is 249 g/mol. The Labute approximate surface area is 106 Å². The molecule has 90 valence electrons. The molecule has 3 nitrogen and oxygen atoms in total. The molecule has 0 aliphatic rings. The van der Waals surface area contributed by atoms with Crippen LogP contribution in [-0.2, 0) is 13.0 Å². The molecule has 1 aromatic carbocycles. The van der Waals surface area contributed by atoms with Crippen molar-refractivity contribution in [3.8, 4) is 0 Å². The van der Waals surface area contributed by atoms with Crippen molar-refractivity contribution in [3.05, 3.63) is 52.8 Å². The maximum atomic E-state index is 6.28. The predicted octanol–water partition coefficient (Wildman–Crippen LogP) is 2.35. The quantitative estimate of drug-likeness (QED) is 0.882. The summed E-state index contributed by atoms with van der Waals surface area (Å²) in [4.78, 5) is 0. The third kappa shape index (κ3) is 3.08. The van der Waals surface area contributed by atoms with Crippen LogP contribution < -0.4 is 5.32 Å². The van der Waals surface area contributed by atoms with Gasteiger partial charge in [-0.25, -0.2) is 4.68 Å². The molecule has 1 aromatic heterocycles. The van der Waals surface area contributed by atoms with Crippen LogP contribution in [0.4, 0.5) is 0 Å². The Kier molecular flexibility index (Phi) is 4.18. The number of rotatable bonds is 5. The van der Waals surface area contributed by atoms with Gasteiger partial charge in [0, 0.05) is 5.56 Å². The number of benzene rings is 1. The maximum absolute atomic E-state index is 6.28. The van der Waals surface area contributed by atoms with E-state index in [1.165, 1.54) is 5.56 Å². The van der Waals surface area contributed by atoms with Crippen LogP contribution in [0.3, 0.4) is 0 Å². The van der Waals surface area contributed by atoms with Gasteiger partial charge >= 0.3 is 0 Å². The standard InChI is InChI=1S/C13H16ClN3/c1-15-8-7-12-9-16-17(13(12)14)10-11-5-3-2-4-6-11/h2-6,9,15H,7-8,10H2,1H3. The molecule has 0 aliphatic heterocycles. The van der Waals surface area contributed by atoms with E-state index in [4.69, 9.17) is 11.6 Å². The Hall–Kier alpha value is -1.32. The summed E-state index contributed by atoms with van der Waals surface area (Å²) in [5.74, 6) is 0. The van der Waals surface area contributed by atoms with Crippen molar-refractivity contribution < 1.29 is 0 Å². The van der Waals surface area contributed by atoms with Crippen molar-refractivity contribution >= 4 is 11.6 Å². The summed E-state index contributed by atoms with van der Waals surface area (Å²) in [6, 6.07) is 10.2. The lowest BCUT2D eigenvalue weighted by Crippen LogP contribution is -2.10. The summed E-state index contributed by atoms with van der Waals surface area (Å²) < 4.78 is 1.84. The second-order valence-electron chi connectivity index (χ2n) is 3.96. The third-order valence-corrected chi connectivity index (χ3v) is 3.10. The second kappa shape index (κ2) is 5.84. The summed E-state index contributed by atoms with van der Waals surface area (Å²) in [6.45, 7) is 1.63. The van der Waals surface area contributed by atoms with E-state index in [2.05, 4.69) is 22.5 Å². The second-order valence-corrected chi connectivity index (χ2v) is 4.32. The van der Waals surface area contributed by atoms with E-state index in [9.17, 15) is 0 Å². The first-order chi connectivity index (χ1) is 8.31. The first-order valence-electron chi connectivity index (χ1n) is 5.70. The highest BCUT2D eigenvalue weighted by molar-refractivity contribution is 6.30. The Morgan fingerprint density at radius 1 is 1.29 bits per heavy atom. The van der Waals surface area contributed by atoms with E-state index >= 15 is 0 Å². The molecule has 0 atom stereocenters.